The summed E-state index contributed by atoms with van der Waals surface area (Å²) in [4.78, 5) is 68.3. The SMILES string of the molecule is CSCCC(NC(=O)C(CC(=O)O)NC(=O)C(N)Cc1ccc(O)cc1)C(=O)NC(Cc1cnc[nH]1)C(=O)O. The predicted octanol–water partition coefficient (Wildman–Crippen LogP) is -1.01. The Balaban J connectivity index is 2.10. The highest BCUT2D eigenvalue weighted by Crippen LogP contribution is 2.11. The minimum Gasteiger partial charge on any atom is -0.508 e. The molecule has 4 atom stereocenters. The molecule has 9 N–H and O–H groups in total. The molecule has 14 nitrogen and oxygen atoms in total. The molecule has 0 aliphatic carbocycles. The predicted molar refractivity (Wildman–Crippen MR) is 141 cm³/mol. The molecule has 1 heterocycles. The van der Waals surface area contributed by atoms with Crippen molar-refractivity contribution in [1.82, 2.24) is 25.9 Å². The van der Waals surface area contributed by atoms with Crippen LogP contribution in [0.4, 0.5) is 0 Å². The van der Waals surface area contributed by atoms with E-state index in [4.69, 9.17) is 5.73 Å². The number of thioether (sulfide) groups is 1. The second-order valence-electron chi connectivity index (χ2n) is 8.66. The Kier molecular flexibility index (Phi) is 12.2. The Morgan fingerprint density at radius 2 is 1.56 bits per heavy atom. The molecular formula is C24H32N6O8S. The summed E-state index contributed by atoms with van der Waals surface area (Å²) in [5.41, 5.74) is 7.04. The van der Waals surface area contributed by atoms with Gasteiger partial charge < -0.3 is 42.0 Å². The molecule has 0 radical (unpaired) electrons. The first-order chi connectivity index (χ1) is 18.5. The number of phenols is 1. The third-order valence-corrected chi connectivity index (χ3v) is 6.22. The first kappa shape index (κ1) is 31.1. The molecule has 2 rings (SSSR count). The van der Waals surface area contributed by atoms with E-state index in [2.05, 4.69) is 25.9 Å². The molecule has 3 amide bonds. The van der Waals surface area contributed by atoms with Crippen molar-refractivity contribution in [3.8, 4) is 5.75 Å². The van der Waals surface area contributed by atoms with E-state index in [1.807, 2.05) is 0 Å². The fourth-order valence-electron chi connectivity index (χ4n) is 3.51. The highest BCUT2D eigenvalue weighted by atomic mass is 32.2. The van der Waals surface area contributed by atoms with Crippen molar-refractivity contribution in [2.45, 2.75) is 49.9 Å². The third-order valence-electron chi connectivity index (χ3n) is 5.58. The largest absolute Gasteiger partial charge is 0.508 e. The standard InChI is InChI=1S/C24H32N6O8S/c1-39-7-6-17(22(35)30-19(24(37)38)9-14-11-26-12-27-14)28-23(36)18(10-20(32)33)29-21(34)16(25)8-13-2-4-15(31)5-3-13/h2-5,11-12,16-19,31H,6-10,25H2,1H3,(H,26,27)(H,28,36)(H,29,34)(H,30,35)(H,32,33)(H,37,38). The van der Waals surface area contributed by atoms with Gasteiger partial charge in [-0.3, -0.25) is 19.2 Å². The van der Waals surface area contributed by atoms with Gasteiger partial charge in [-0.2, -0.15) is 11.8 Å². The van der Waals surface area contributed by atoms with Crippen LogP contribution in [0.1, 0.15) is 24.1 Å². The zero-order valence-electron chi connectivity index (χ0n) is 21.1. The molecule has 0 aliphatic rings. The second-order valence-corrected chi connectivity index (χ2v) is 9.64. The number of carboxylic acid groups (broad SMARTS) is 2. The monoisotopic (exact) mass is 564 g/mol. The van der Waals surface area contributed by atoms with Gasteiger partial charge in [0.2, 0.25) is 17.7 Å². The number of H-pyrrole nitrogens is 1. The molecule has 1 aromatic heterocycles. The number of hydrogen-bond acceptors (Lipinski definition) is 9. The van der Waals surface area contributed by atoms with Gasteiger partial charge in [0.15, 0.2) is 0 Å². The van der Waals surface area contributed by atoms with Gasteiger partial charge in [-0.1, -0.05) is 12.1 Å². The number of carboxylic acids is 2. The summed E-state index contributed by atoms with van der Waals surface area (Å²) < 4.78 is 0. The topological polar surface area (TPSA) is 237 Å². The highest BCUT2D eigenvalue weighted by molar-refractivity contribution is 7.98. The number of aliphatic carboxylic acids is 2. The maximum absolute atomic E-state index is 13.0. The van der Waals surface area contributed by atoms with Gasteiger partial charge >= 0.3 is 11.9 Å². The number of nitrogens with one attached hydrogen (secondary N) is 4. The van der Waals surface area contributed by atoms with Gasteiger partial charge in [0.1, 0.15) is 23.9 Å². The Hall–Kier alpha value is -4.11. The molecule has 212 valence electrons. The smallest absolute Gasteiger partial charge is 0.326 e. The molecule has 0 fully saturated rings. The number of nitrogens with two attached hydrogens (primary N) is 1. The molecule has 0 saturated carbocycles. The van der Waals surface area contributed by atoms with Crippen LogP contribution in [0.3, 0.4) is 0 Å². The number of benzene rings is 1. The number of rotatable bonds is 16. The van der Waals surface area contributed by atoms with Crippen molar-refractivity contribution in [3.63, 3.8) is 0 Å². The second kappa shape index (κ2) is 15.3. The first-order valence-electron chi connectivity index (χ1n) is 11.9. The zero-order valence-corrected chi connectivity index (χ0v) is 21.9. The average molecular weight is 565 g/mol. The van der Waals surface area contributed by atoms with Crippen molar-refractivity contribution in [2.24, 2.45) is 5.73 Å². The lowest BCUT2D eigenvalue weighted by Crippen LogP contribution is -2.58. The van der Waals surface area contributed by atoms with Crippen LogP contribution in [0, 0.1) is 0 Å². The summed E-state index contributed by atoms with van der Waals surface area (Å²) in [6.45, 7) is 0. The van der Waals surface area contributed by atoms with E-state index in [0.717, 1.165) is 0 Å². The van der Waals surface area contributed by atoms with Crippen molar-refractivity contribution in [1.29, 1.82) is 0 Å². The van der Waals surface area contributed by atoms with Crippen molar-refractivity contribution in [3.05, 3.63) is 48.0 Å². The van der Waals surface area contributed by atoms with Crippen LogP contribution in [0.2, 0.25) is 0 Å². The first-order valence-corrected chi connectivity index (χ1v) is 13.2. The molecule has 4 unspecified atom stereocenters. The average Bonchev–Trinajstić information content (AvgIpc) is 3.39. The number of aromatic hydroxyl groups is 1. The molecular weight excluding hydrogens is 532 g/mol. The van der Waals surface area contributed by atoms with Gasteiger partial charge in [0.25, 0.3) is 0 Å². The lowest BCUT2D eigenvalue weighted by atomic mass is 10.0. The van der Waals surface area contributed by atoms with E-state index in [-0.39, 0.29) is 25.0 Å². The van der Waals surface area contributed by atoms with E-state index in [1.165, 1.54) is 36.4 Å². The van der Waals surface area contributed by atoms with Gasteiger partial charge in [-0.15, -0.1) is 0 Å². The number of imidazole rings is 1. The summed E-state index contributed by atoms with van der Waals surface area (Å²) in [7, 11) is 0. The van der Waals surface area contributed by atoms with Gasteiger partial charge in [0, 0.05) is 18.3 Å². The van der Waals surface area contributed by atoms with E-state index in [9.17, 15) is 39.3 Å². The van der Waals surface area contributed by atoms with Crippen molar-refractivity contribution >= 4 is 41.4 Å². The van der Waals surface area contributed by atoms with Crippen LogP contribution >= 0.6 is 11.8 Å². The number of nitrogens with zero attached hydrogens (tertiary/aromatic N) is 1. The molecule has 2 aromatic rings. The minimum absolute atomic E-state index is 0.0333. The number of phenolic OH excluding ortho intramolecular Hbond substituents is 1. The molecule has 39 heavy (non-hydrogen) atoms. The minimum atomic E-state index is -1.55. The summed E-state index contributed by atoms with van der Waals surface area (Å²) in [6, 6.07) is 0.769. The van der Waals surface area contributed by atoms with E-state index >= 15 is 0 Å². The van der Waals surface area contributed by atoms with Crippen LogP contribution in [-0.2, 0) is 36.8 Å². The molecule has 0 bridgehead atoms. The summed E-state index contributed by atoms with van der Waals surface area (Å²) in [5.74, 6) is -4.74. The molecule has 0 spiro atoms. The summed E-state index contributed by atoms with van der Waals surface area (Å²) in [6.07, 6.45) is 3.87. The van der Waals surface area contributed by atoms with Gasteiger partial charge in [-0.25, -0.2) is 9.78 Å². The highest BCUT2D eigenvalue weighted by Gasteiger charge is 2.31. The van der Waals surface area contributed by atoms with E-state index in [0.29, 0.717) is 17.0 Å². The lowest BCUT2D eigenvalue weighted by molar-refractivity contribution is -0.143. The fourth-order valence-corrected chi connectivity index (χ4v) is 3.98. The maximum atomic E-state index is 13.0. The Labute approximate surface area is 228 Å². The summed E-state index contributed by atoms with van der Waals surface area (Å²) >= 11 is 1.38. The van der Waals surface area contributed by atoms with Crippen LogP contribution in [-0.4, -0.2) is 91.1 Å². The number of hydrogen-bond donors (Lipinski definition) is 8. The Bertz CT molecular complexity index is 1130. The number of aromatic amines is 1. The van der Waals surface area contributed by atoms with Gasteiger partial charge in [0.05, 0.1) is 18.8 Å². The number of amides is 3. The normalized spacial score (nSPS) is 13.9. The Morgan fingerprint density at radius 3 is 2.13 bits per heavy atom. The van der Waals surface area contributed by atoms with Crippen LogP contribution < -0.4 is 21.7 Å². The van der Waals surface area contributed by atoms with Gasteiger partial charge in [-0.05, 0) is 42.5 Å². The number of carbonyl (C=O) groups is 5. The van der Waals surface area contributed by atoms with E-state index in [1.54, 1.807) is 18.4 Å². The number of carbonyl (C=O) groups excluding carboxylic acids is 3. The molecule has 1 aromatic carbocycles. The lowest BCUT2D eigenvalue weighted by Gasteiger charge is -2.24. The summed E-state index contributed by atoms with van der Waals surface area (Å²) in [5, 5.41) is 35.4. The molecule has 0 saturated heterocycles. The third kappa shape index (κ3) is 10.6. The van der Waals surface area contributed by atoms with Crippen molar-refractivity contribution in [2.75, 3.05) is 12.0 Å². The van der Waals surface area contributed by atoms with E-state index < -0.39 is 60.2 Å². The zero-order chi connectivity index (χ0) is 28.9. The van der Waals surface area contributed by atoms with Crippen LogP contribution in [0.15, 0.2) is 36.8 Å². The molecule has 0 aliphatic heterocycles. The quantitative estimate of drug-likeness (QED) is 0.123. The number of aromatic nitrogens is 2. The molecule has 15 heteroatoms. The fraction of sp³-hybridized carbons (Fsp3) is 0.417. The van der Waals surface area contributed by atoms with Crippen LogP contribution in [0.25, 0.3) is 0 Å². The maximum Gasteiger partial charge on any atom is 0.326 e. The van der Waals surface area contributed by atoms with Crippen molar-refractivity contribution < 1.29 is 39.3 Å². The Morgan fingerprint density at radius 1 is 0.949 bits per heavy atom. The van der Waals surface area contributed by atoms with Crippen LogP contribution in [0.5, 0.6) is 5.75 Å².